The molecule has 0 atom stereocenters. The Morgan fingerprint density at radius 1 is 1.42 bits per heavy atom. The fourth-order valence-electron chi connectivity index (χ4n) is 1.99. The zero-order valence-corrected chi connectivity index (χ0v) is 14.6. The van der Waals surface area contributed by atoms with Gasteiger partial charge < -0.3 is 4.74 Å². The standard InChI is InChI=1S/C15H14N4O3S2/c1-3-22-14(21)12-8(2)16-15(24-12)17-13(20)10-7-9(18-19-10)11-5-4-6-23-11/h4-7H,3H2,1-2H3,(H,18,19)(H,16,17,20). The fourth-order valence-corrected chi connectivity index (χ4v) is 3.54. The molecule has 0 aliphatic carbocycles. The highest BCUT2D eigenvalue weighted by molar-refractivity contribution is 7.17. The zero-order chi connectivity index (χ0) is 17.1. The second-order valence-corrected chi connectivity index (χ2v) is 6.70. The predicted molar refractivity (Wildman–Crippen MR) is 92.7 cm³/mol. The summed E-state index contributed by atoms with van der Waals surface area (Å²) in [5, 5.41) is 11.8. The summed E-state index contributed by atoms with van der Waals surface area (Å²) in [5.41, 5.74) is 1.55. The smallest absolute Gasteiger partial charge is 0.350 e. The van der Waals surface area contributed by atoms with Crippen molar-refractivity contribution in [2.24, 2.45) is 0 Å². The number of H-pyrrole nitrogens is 1. The van der Waals surface area contributed by atoms with Crippen LogP contribution in [0.1, 0.15) is 32.8 Å². The molecule has 0 radical (unpaired) electrons. The number of ether oxygens (including phenoxy) is 1. The van der Waals surface area contributed by atoms with Crippen molar-refractivity contribution in [2.45, 2.75) is 13.8 Å². The number of rotatable bonds is 5. The van der Waals surface area contributed by atoms with Crippen LogP contribution < -0.4 is 5.32 Å². The molecule has 0 fully saturated rings. The van der Waals surface area contributed by atoms with E-state index in [-0.39, 0.29) is 12.3 Å². The molecule has 3 rings (SSSR count). The molecule has 0 aliphatic rings. The van der Waals surface area contributed by atoms with Crippen LogP contribution in [0.4, 0.5) is 5.13 Å². The predicted octanol–water partition coefficient (Wildman–Crippen LogP) is 3.33. The molecule has 3 heterocycles. The molecule has 1 amide bonds. The van der Waals surface area contributed by atoms with E-state index in [9.17, 15) is 9.59 Å². The van der Waals surface area contributed by atoms with Crippen LogP contribution in [0.3, 0.4) is 0 Å². The first kappa shape index (κ1) is 16.3. The van der Waals surface area contributed by atoms with Crippen molar-refractivity contribution in [3.63, 3.8) is 0 Å². The van der Waals surface area contributed by atoms with Crippen molar-refractivity contribution in [1.29, 1.82) is 0 Å². The van der Waals surface area contributed by atoms with Crippen molar-refractivity contribution in [2.75, 3.05) is 11.9 Å². The minimum absolute atomic E-state index is 0.254. The average Bonchev–Trinajstić information content (AvgIpc) is 3.27. The zero-order valence-electron chi connectivity index (χ0n) is 13.0. The van der Waals surface area contributed by atoms with Crippen LogP contribution in [-0.4, -0.2) is 33.7 Å². The first-order chi connectivity index (χ1) is 11.6. The monoisotopic (exact) mass is 362 g/mol. The number of nitrogens with one attached hydrogen (secondary N) is 2. The Kier molecular flexibility index (Phi) is 4.72. The van der Waals surface area contributed by atoms with Gasteiger partial charge in [0.1, 0.15) is 4.88 Å². The van der Waals surface area contributed by atoms with Gasteiger partial charge in [-0.2, -0.15) is 5.10 Å². The largest absolute Gasteiger partial charge is 0.462 e. The van der Waals surface area contributed by atoms with Gasteiger partial charge in [-0.05, 0) is 31.4 Å². The summed E-state index contributed by atoms with van der Waals surface area (Å²) in [6, 6.07) is 5.54. The second-order valence-electron chi connectivity index (χ2n) is 4.75. The number of thiazole rings is 1. The number of carbonyl (C=O) groups excluding carboxylic acids is 2. The number of hydrogen-bond donors (Lipinski definition) is 2. The lowest BCUT2D eigenvalue weighted by Gasteiger charge is -1.98. The van der Waals surface area contributed by atoms with Crippen LogP contribution >= 0.6 is 22.7 Å². The lowest BCUT2D eigenvalue weighted by atomic mass is 10.3. The number of carbonyl (C=O) groups is 2. The number of amides is 1. The van der Waals surface area contributed by atoms with Gasteiger partial charge in [-0.1, -0.05) is 17.4 Å². The maximum absolute atomic E-state index is 12.3. The van der Waals surface area contributed by atoms with E-state index in [1.165, 1.54) is 0 Å². The summed E-state index contributed by atoms with van der Waals surface area (Å²) in [7, 11) is 0. The molecule has 0 spiro atoms. The molecule has 3 aromatic heterocycles. The fraction of sp³-hybridized carbons (Fsp3) is 0.200. The number of esters is 1. The maximum atomic E-state index is 12.3. The lowest BCUT2D eigenvalue weighted by molar-refractivity contribution is 0.0531. The Morgan fingerprint density at radius 3 is 2.96 bits per heavy atom. The van der Waals surface area contributed by atoms with Crippen molar-refractivity contribution >= 4 is 39.7 Å². The van der Waals surface area contributed by atoms with Crippen molar-refractivity contribution < 1.29 is 14.3 Å². The summed E-state index contributed by atoms with van der Waals surface area (Å²) in [6.45, 7) is 3.72. The molecule has 0 saturated heterocycles. The van der Waals surface area contributed by atoms with E-state index in [0.717, 1.165) is 21.9 Å². The minimum atomic E-state index is -0.437. The van der Waals surface area contributed by atoms with E-state index in [1.807, 2.05) is 17.5 Å². The quantitative estimate of drug-likeness (QED) is 0.679. The van der Waals surface area contributed by atoms with Crippen molar-refractivity contribution in [1.82, 2.24) is 15.2 Å². The number of thiophene rings is 1. The third-order valence-corrected chi connectivity index (χ3v) is 5.03. The number of aromatic nitrogens is 3. The molecule has 0 bridgehead atoms. The highest BCUT2D eigenvalue weighted by Crippen LogP contribution is 2.25. The summed E-state index contributed by atoms with van der Waals surface area (Å²) in [4.78, 5) is 29.6. The van der Waals surface area contributed by atoms with E-state index in [2.05, 4.69) is 20.5 Å². The third-order valence-electron chi connectivity index (χ3n) is 3.08. The topological polar surface area (TPSA) is 97.0 Å². The lowest BCUT2D eigenvalue weighted by Crippen LogP contribution is -2.12. The molecule has 3 aromatic rings. The van der Waals surface area contributed by atoms with Gasteiger partial charge in [0.25, 0.3) is 5.91 Å². The molecule has 0 aromatic carbocycles. The van der Waals surface area contributed by atoms with Crippen molar-refractivity contribution in [3.05, 3.63) is 39.8 Å². The van der Waals surface area contributed by atoms with Gasteiger partial charge in [0.2, 0.25) is 0 Å². The normalized spacial score (nSPS) is 10.6. The highest BCUT2D eigenvalue weighted by Gasteiger charge is 2.19. The molecule has 0 saturated carbocycles. The van der Waals surface area contributed by atoms with Crippen LogP contribution in [0.25, 0.3) is 10.6 Å². The number of hydrogen-bond acceptors (Lipinski definition) is 7. The first-order valence-corrected chi connectivity index (χ1v) is 8.83. The molecular formula is C15H14N4O3S2. The van der Waals surface area contributed by atoms with Crippen LogP contribution in [0.5, 0.6) is 0 Å². The van der Waals surface area contributed by atoms with Gasteiger partial charge in [-0.3, -0.25) is 15.2 Å². The first-order valence-electron chi connectivity index (χ1n) is 7.13. The van der Waals surface area contributed by atoms with E-state index in [1.54, 1.807) is 31.3 Å². The second kappa shape index (κ2) is 6.93. The number of aryl methyl sites for hydroxylation is 1. The van der Waals surface area contributed by atoms with Gasteiger partial charge in [0.05, 0.1) is 22.9 Å². The van der Waals surface area contributed by atoms with Gasteiger partial charge in [-0.15, -0.1) is 11.3 Å². The van der Waals surface area contributed by atoms with E-state index in [4.69, 9.17) is 4.74 Å². The van der Waals surface area contributed by atoms with Crippen molar-refractivity contribution in [3.8, 4) is 10.6 Å². The van der Waals surface area contributed by atoms with Crippen LogP contribution in [-0.2, 0) is 4.74 Å². The average molecular weight is 362 g/mol. The Bertz CT molecular complexity index is 867. The van der Waals surface area contributed by atoms with Gasteiger partial charge in [0, 0.05) is 0 Å². The molecule has 2 N–H and O–H groups in total. The van der Waals surface area contributed by atoms with E-state index < -0.39 is 11.9 Å². The SMILES string of the molecule is CCOC(=O)c1sc(NC(=O)c2cc(-c3cccs3)[nH]n2)nc1C. The van der Waals surface area contributed by atoms with E-state index in [0.29, 0.717) is 15.7 Å². The molecule has 24 heavy (non-hydrogen) atoms. The summed E-state index contributed by atoms with van der Waals surface area (Å²) < 4.78 is 4.96. The summed E-state index contributed by atoms with van der Waals surface area (Å²) in [5.74, 6) is -0.828. The molecule has 7 nitrogen and oxygen atoms in total. The number of anilines is 1. The summed E-state index contributed by atoms with van der Waals surface area (Å²) >= 11 is 2.64. The maximum Gasteiger partial charge on any atom is 0.350 e. The Labute approximate surface area is 145 Å². The minimum Gasteiger partial charge on any atom is -0.462 e. The Morgan fingerprint density at radius 2 is 2.25 bits per heavy atom. The van der Waals surface area contributed by atoms with Gasteiger partial charge >= 0.3 is 5.97 Å². The van der Waals surface area contributed by atoms with Gasteiger partial charge in [0.15, 0.2) is 10.8 Å². The van der Waals surface area contributed by atoms with Crippen LogP contribution in [0.2, 0.25) is 0 Å². The third kappa shape index (κ3) is 3.36. The number of aromatic amines is 1. The number of nitrogens with zero attached hydrogens (tertiary/aromatic N) is 2. The molecule has 0 aliphatic heterocycles. The van der Waals surface area contributed by atoms with Crippen LogP contribution in [0.15, 0.2) is 23.6 Å². The van der Waals surface area contributed by atoms with Crippen LogP contribution in [0, 0.1) is 6.92 Å². The van der Waals surface area contributed by atoms with Gasteiger partial charge in [-0.25, -0.2) is 9.78 Å². The molecule has 9 heteroatoms. The molecule has 0 unspecified atom stereocenters. The molecule has 124 valence electrons. The summed E-state index contributed by atoms with van der Waals surface area (Å²) in [6.07, 6.45) is 0. The van der Waals surface area contributed by atoms with E-state index >= 15 is 0 Å². The Hall–Kier alpha value is -2.52. The Balaban J connectivity index is 1.73. The molecular weight excluding hydrogens is 348 g/mol. The highest BCUT2D eigenvalue weighted by atomic mass is 32.1.